The van der Waals surface area contributed by atoms with Gasteiger partial charge >= 0.3 is 18.1 Å². The van der Waals surface area contributed by atoms with E-state index in [1.165, 1.54) is 4.90 Å². The summed E-state index contributed by atoms with van der Waals surface area (Å²) in [5.74, 6) is -1.83. The fraction of sp³-hybridized carbons (Fsp3) is 0.318. The average molecular weight is 494 g/mol. The summed E-state index contributed by atoms with van der Waals surface area (Å²) in [5, 5.41) is 6.47. The molecule has 2 amide bonds. The van der Waals surface area contributed by atoms with Crippen molar-refractivity contribution in [1.82, 2.24) is 20.0 Å². The van der Waals surface area contributed by atoms with Gasteiger partial charge in [-0.1, -0.05) is 42.5 Å². The highest BCUT2D eigenvalue weighted by Gasteiger charge is 2.38. The Bertz CT molecular complexity index is 1230. The zero-order valence-corrected chi connectivity index (χ0v) is 18.7. The van der Waals surface area contributed by atoms with Gasteiger partial charge in [0.1, 0.15) is 0 Å². The van der Waals surface area contributed by atoms with Gasteiger partial charge in [0, 0.05) is 31.7 Å². The van der Waals surface area contributed by atoms with Crippen LogP contribution in [0.5, 0.6) is 0 Å². The lowest BCUT2D eigenvalue weighted by molar-refractivity contribution is -0.156. The first-order chi connectivity index (χ1) is 16.1. The maximum absolute atomic E-state index is 13.2. The number of urea groups is 1. The van der Waals surface area contributed by atoms with Crippen LogP contribution in [0.2, 0.25) is 0 Å². The first-order valence-electron chi connectivity index (χ1n) is 10.4. The van der Waals surface area contributed by atoms with Crippen molar-refractivity contribution in [2.24, 2.45) is 0 Å². The summed E-state index contributed by atoms with van der Waals surface area (Å²) in [6.45, 7) is 0.784. The predicted octanol–water partition coefficient (Wildman–Crippen LogP) is 3.61. The molecule has 180 valence electrons. The van der Waals surface area contributed by atoms with E-state index in [2.05, 4.69) is 10.2 Å². The predicted molar refractivity (Wildman–Crippen MR) is 116 cm³/mol. The number of nitrogens with zero attached hydrogens (tertiary/aromatic N) is 4. The Labute approximate surface area is 193 Å². The van der Waals surface area contributed by atoms with E-state index < -0.39 is 21.9 Å². The Kier molecular flexibility index (Phi) is 6.60. The number of hydrogen-bond donors (Lipinski definition) is 0. The summed E-state index contributed by atoms with van der Waals surface area (Å²) in [5.41, 5.74) is 1.95. The van der Waals surface area contributed by atoms with Crippen molar-refractivity contribution in [3.8, 4) is 11.5 Å². The zero-order valence-electron chi connectivity index (χ0n) is 17.9. The standard InChI is InChI=1S/C22H21F3N4O4S/c23-22(24,25)20-27-26-19(33-20)18-8-6-17(7-9-18)15-29(14-16-4-2-1-3-5-16)21(30)28-10-12-34(31,32)13-11-28/h1-9H,10-15H2. The molecule has 2 aromatic carbocycles. The number of carbonyl (C=O) groups is 1. The van der Waals surface area contributed by atoms with Crippen LogP contribution >= 0.6 is 0 Å². The summed E-state index contributed by atoms with van der Waals surface area (Å²) < 4.78 is 66.3. The molecule has 0 unspecified atom stereocenters. The highest BCUT2D eigenvalue weighted by Crippen LogP contribution is 2.30. The van der Waals surface area contributed by atoms with Crippen molar-refractivity contribution < 1.29 is 30.8 Å². The van der Waals surface area contributed by atoms with Gasteiger partial charge in [-0.25, -0.2) is 13.2 Å². The van der Waals surface area contributed by atoms with Crippen LogP contribution in [0.15, 0.2) is 59.0 Å². The monoisotopic (exact) mass is 494 g/mol. The third-order valence-electron chi connectivity index (χ3n) is 5.34. The number of aromatic nitrogens is 2. The smallest absolute Gasteiger partial charge is 0.413 e. The first-order valence-corrected chi connectivity index (χ1v) is 12.2. The molecule has 0 spiro atoms. The molecule has 4 rings (SSSR count). The van der Waals surface area contributed by atoms with E-state index in [9.17, 15) is 26.4 Å². The van der Waals surface area contributed by atoms with Gasteiger partial charge in [0.05, 0.1) is 11.5 Å². The van der Waals surface area contributed by atoms with Gasteiger partial charge in [-0.05, 0) is 23.3 Å². The molecule has 1 aromatic heterocycles. The number of hydrogen-bond acceptors (Lipinski definition) is 6. The molecular formula is C22H21F3N4O4S. The van der Waals surface area contributed by atoms with E-state index in [-0.39, 0.29) is 43.1 Å². The number of carbonyl (C=O) groups excluding carboxylic acids is 1. The number of alkyl halides is 3. The summed E-state index contributed by atoms with van der Waals surface area (Å²) in [4.78, 5) is 16.4. The van der Waals surface area contributed by atoms with Gasteiger partial charge in [-0.3, -0.25) is 0 Å². The third kappa shape index (κ3) is 5.74. The maximum atomic E-state index is 13.2. The molecule has 1 aliphatic heterocycles. The molecule has 0 N–H and O–H groups in total. The van der Waals surface area contributed by atoms with Crippen LogP contribution in [0.3, 0.4) is 0 Å². The van der Waals surface area contributed by atoms with Crippen molar-refractivity contribution in [2.45, 2.75) is 19.3 Å². The molecule has 8 nitrogen and oxygen atoms in total. The molecule has 0 atom stereocenters. The Morgan fingerprint density at radius 2 is 1.53 bits per heavy atom. The Hall–Kier alpha value is -3.41. The lowest BCUT2D eigenvalue weighted by Crippen LogP contribution is -2.49. The second kappa shape index (κ2) is 9.45. The Balaban J connectivity index is 1.51. The van der Waals surface area contributed by atoms with Crippen molar-refractivity contribution in [1.29, 1.82) is 0 Å². The minimum atomic E-state index is -4.72. The molecule has 0 radical (unpaired) electrons. The minimum absolute atomic E-state index is 0.0727. The summed E-state index contributed by atoms with van der Waals surface area (Å²) in [6.07, 6.45) is -4.72. The van der Waals surface area contributed by atoms with Crippen LogP contribution in [0.1, 0.15) is 17.0 Å². The lowest BCUT2D eigenvalue weighted by atomic mass is 10.1. The van der Waals surface area contributed by atoms with Gasteiger partial charge < -0.3 is 14.2 Å². The first kappa shape index (κ1) is 23.7. The molecule has 0 saturated carbocycles. The van der Waals surface area contributed by atoms with Gasteiger partial charge in [-0.2, -0.15) is 13.2 Å². The Morgan fingerprint density at radius 1 is 0.941 bits per heavy atom. The van der Waals surface area contributed by atoms with Crippen molar-refractivity contribution in [2.75, 3.05) is 24.6 Å². The SMILES string of the molecule is O=C(N1CCS(=O)(=O)CC1)N(Cc1ccccc1)Cc1ccc(-c2nnc(C(F)(F)F)o2)cc1. The van der Waals surface area contributed by atoms with E-state index in [4.69, 9.17) is 4.42 Å². The number of halogens is 3. The van der Waals surface area contributed by atoms with Crippen molar-refractivity contribution >= 4 is 15.9 Å². The molecule has 1 fully saturated rings. The normalized spacial score (nSPS) is 15.8. The number of rotatable bonds is 5. The van der Waals surface area contributed by atoms with Crippen LogP contribution in [0.4, 0.5) is 18.0 Å². The van der Waals surface area contributed by atoms with E-state index in [1.54, 1.807) is 29.2 Å². The molecular weight excluding hydrogens is 473 g/mol. The van der Waals surface area contributed by atoms with Crippen molar-refractivity contribution in [3.05, 3.63) is 71.6 Å². The number of benzene rings is 2. The highest BCUT2D eigenvalue weighted by molar-refractivity contribution is 7.91. The fourth-order valence-electron chi connectivity index (χ4n) is 3.53. The summed E-state index contributed by atoms with van der Waals surface area (Å²) >= 11 is 0. The molecule has 2 heterocycles. The van der Waals surface area contributed by atoms with E-state index in [1.807, 2.05) is 30.3 Å². The quantitative estimate of drug-likeness (QED) is 0.538. The van der Waals surface area contributed by atoms with E-state index in [0.717, 1.165) is 11.1 Å². The Morgan fingerprint density at radius 3 is 2.09 bits per heavy atom. The zero-order chi connectivity index (χ0) is 24.3. The van der Waals surface area contributed by atoms with Crippen LogP contribution in [0, 0.1) is 0 Å². The second-order valence-electron chi connectivity index (χ2n) is 7.87. The van der Waals surface area contributed by atoms with Gasteiger partial charge in [-0.15, -0.1) is 10.2 Å². The molecule has 0 aliphatic carbocycles. The van der Waals surface area contributed by atoms with Crippen molar-refractivity contribution in [3.63, 3.8) is 0 Å². The molecule has 12 heteroatoms. The second-order valence-corrected chi connectivity index (χ2v) is 10.2. The largest absolute Gasteiger partial charge is 0.470 e. The highest BCUT2D eigenvalue weighted by atomic mass is 32.2. The van der Waals surface area contributed by atoms with Gasteiger partial charge in [0.15, 0.2) is 9.84 Å². The molecule has 1 aliphatic rings. The fourth-order valence-corrected chi connectivity index (χ4v) is 4.73. The van der Waals surface area contributed by atoms with Crippen LogP contribution in [-0.4, -0.2) is 59.0 Å². The molecule has 0 bridgehead atoms. The van der Waals surface area contributed by atoms with E-state index >= 15 is 0 Å². The van der Waals surface area contributed by atoms with Gasteiger partial charge in [0.2, 0.25) is 5.89 Å². The topological polar surface area (TPSA) is 96.6 Å². The number of sulfone groups is 1. The molecule has 34 heavy (non-hydrogen) atoms. The summed E-state index contributed by atoms with van der Waals surface area (Å²) in [7, 11) is -3.13. The minimum Gasteiger partial charge on any atom is -0.413 e. The van der Waals surface area contributed by atoms with Gasteiger partial charge in [0.25, 0.3) is 0 Å². The molecule has 1 saturated heterocycles. The molecule has 3 aromatic rings. The lowest BCUT2D eigenvalue weighted by Gasteiger charge is -2.33. The summed E-state index contributed by atoms with van der Waals surface area (Å²) in [6, 6.07) is 15.5. The maximum Gasteiger partial charge on any atom is 0.470 e. The average Bonchev–Trinajstić information content (AvgIpc) is 3.30. The van der Waals surface area contributed by atoms with Crippen LogP contribution in [0.25, 0.3) is 11.5 Å². The van der Waals surface area contributed by atoms with Crippen LogP contribution in [-0.2, 0) is 29.1 Å². The van der Waals surface area contributed by atoms with Crippen LogP contribution < -0.4 is 0 Å². The van der Waals surface area contributed by atoms with E-state index in [0.29, 0.717) is 12.1 Å². The third-order valence-corrected chi connectivity index (χ3v) is 6.95. The number of amides is 2.